The molecule has 0 spiro atoms. The highest BCUT2D eigenvalue weighted by Gasteiger charge is 2.16. The van der Waals surface area contributed by atoms with Crippen LogP contribution in [0.25, 0.3) is 10.2 Å². The molecule has 0 saturated carbocycles. The maximum Gasteiger partial charge on any atom is 0.297 e. The van der Waals surface area contributed by atoms with Crippen molar-refractivity contribution in [3.05, 3.63) is 58.6 Å². The number of fused-ring (bicyclic) bond motifs is 1. The number of aromatic nitrogens is 1. The zero-order valence-electron chi connectivity index (χ0n) is 10.7. The lowest BCUT2D eigenvalue weighted by atomic mass is 10.3. The molecule has 0 saturated heterocycles. The summed E-state index contributed by atoms with van der Waals surface area (Å²) in [5.41, 5.74) is 0.838. The summed E-state index contributed by atoms with van der Waals surface area (Å²) in [5.74, 6) is 0. The summed E-state index contributed by atoms with van der Waals surface area (Å²) in [7, 11) is -3.80. The summed E-state index contributed by atoms with van der Waals surface area (Å²) in [6.07, 6.45) is 0. The van der Waals surface area contributed by atoms with Crippen LogP contribution in [0.4, 0.5) is 0 Å². The average molecular weight is 340 g/mol. The van der Waals surface area contributed by atoms with Crippen molar-refractivity contribution in [1.82, 2.24) is 4.98 Å². The van der Waals surface area contributed by atoms with Crippen LogP contribution >= 0.6 is 22.9 Å². The Morgan fingerprint density at radius 2 is 1.81 bits per heavy atom. The molecule has 0 aliphatic carbocycles. The molecule has 2 aromatic carbocycles. The topological polar surface area (TPSA) is 56.3 Å². The van der Waals surface area contributed by atoms with Crippen LogP contribution < -0.4 is 0 Å². The Morgan fingerprint density at radius 3 is 2.52 bits per heavy atom. The first-order valence-electron chi connectivity index (χ1n) is 6.04. The number of benzene rings is 2. The zero-order chi connectivity index (χ0) is 14.9. The van der Waals surface area contributed by atoms with Gasteiger partial charge in [0.05, 0.1) is 15.1 Å². The lowest BCUT2D eigenvalue weighted by Gasteiger charge is -2.03. The van der Waals surface area contributed by atoms with Crippen LogP contribution in [0.5, 0.6) is 0 Å². The summed E-state index contributed by atoms with van der Waals surface area (Å²) >= 11 is 7.15. The van der Waals surface area contributed by atoms with Gasteiger partial charge >= 0.3 is 0 Å². The van der Waals surface area contributed by atoms with Crippen molar-refractivity contribution in [1.29, 1.82) is 0 Å². The molecule has 1 heterocycles. The molecular formula is C14H10ClNO3S2. The van der Waals surface area contributed by atoms with E-state index in [1.807, 2.05) is 24.3 Å². The Morgan fingerprint density at radius 1 is 1.10 bits per heavy atom. The Balaban J connectivity index is 1.78. The fourth-order valence-corrected chi connectivity index (χ4v) is 3.73. The Hall–Kier alpha value is -1.47. The van der Waals surface area contributed by atoms with Crippen molar-refractivity contribution in [3.63, 3.8) is 0 Å². The van der Waals surface area contributed by atoms with Crippen LogP contribution in [0.15, 0.2) is 53.4 Å². The number of hydrogen-bond donors (Lipinski definition) is 0. The van der Waals surface area contributed by atoms with Crippen LogP contribution in [0.3, 0.4) is 0 Å². The first kappa shape index (κ1) is 14.5. The monoisotopic (exact) mass is 339 g/mol. The molecule has 1 aromatic heterocycles. The maximum absolute atomic E-state index is 12.0. The first-order valence-corrected chi connectivity index (χ1v) is 8.64. The highest BCUT2D eigenvalue weighted by atomic mass is 35.5. The third kappa shape index (κ3) is 3.24. The van der Waals surface area contributed by atoms with Gasteiger partial charge in [0, 0.05) is 5.02 Å². The minimum Gasteiger partial charge on any atom is -0.259 e. The van der Waals surface area contributed by atoms with Crippen LogP contribution in [-0.4, -0.2) is 13.4 Å². The normalized spacial score (nSPS) is 11.9. The molecule has 3 rings (SSSR count). The number of halogens is 1. The zero-order valence-corrected chi connectivity index (χ0v) is 13.1. The number of thiazole rings is 1. The lowest BCUT2D eigenvalue weighted by Crippen LogP contribution is -2.06. The van der Waals surface area contributed by atoms with E-state index in [1.165, 1.54) is 35.6 Å². The van der Waals surface area contributed by atoms with E-state index in [0.29, 0.717) is 10.0 Å². The van der Waals surface area contributed by atoms with Crippen molar-refractivity contribution in [2.24, 2.45) is 0 Å². The van der Waals surface area contributed by atoms with Gasteiger partial charge in [0.15, 0.2) is 0 Å². The molecule has 0 N–H and O–H groups in total. The quantitative estimate of drug-likeness (QED) is 0.677. The summed E-state index contributed by atoms with van der Waals surface area (Å²) in [6.45, 7) is -0.0791. The van der Waals surface area contributed by atoms with E-state index in [0.717, 1.165) is 10.2 Å². The molecule has 0 bridgehead atoms. The molecule has 0 aliphatic heterocycles. The molecular weight excluding hydrogens is 330 g/mol. The van der Waals surface area contributed by atoms with Gasteiger partial charge in [-0.15, -0.1) is 11.3 Å². The van der Waals surface area contributed by atoms with Crippen LogP contribution in [0.2, 0.25) is 5.02 Å². The minimum atomic E-state index is -3.80. The SMILES string of the molecule is O=S(=O)(OCc1nc2ccccc2s1)c1ccc(Cl)cc1. The molecule has 0 unspecified atom stereocenters. The molecule has 0 atom stereocenters. The summed E-state index contributed by atoms with van der Waals surface area (Å²) < 4.78 is 30.1. The number of hydrogen-bond acceptors (Lipinski definition) is 5. The number of rotatable bonds is 4. The molecule has 3 aromatic rings. The lowest BCUT2D eigenvalue weighted by molar-refractivity contribution is 0.307. The Labute approximate surface area is 131 Å². The van der Waals surface area contributed by atoms with Gasteiger partial charge in [-0.1, -0.05) is 23.7 Å². The van der Waals surface area contributed by atoms with E-state index in [2.05, 4.69) is 4.98 Å². The summed E-state index contributed by atoms with van der Waals surface area (Å²) in [4.78, 5) is 4.41. The second kappa shape index (κ2) is 5.73. The van der Waals surface area contributed by atoms with Crippen molar-refractivity contribution in [2.45, 2.75) is 11.5 Å². The highest BCUT2D eigenvalue weighted by Crippen LogP contribution is 2.23. The smallest absolute Gasteiger partial charge is 0.259 e. The molecule has 4 nitrogen and oxygen atoms in total. The second-order valence-corrected chi connectivity index (χ2v) is 7.41. The van der Waals surface area contributed by atoms with Gasteiger partial charge in [0.25, 0.3) is 10.1 Å². The van der Waals surface area contributed by atoms with Crippen molar-refractivity contribution >= 4 is 43.3 Å². The highest BCUT2D eigenvalue weighted by molar-refractivity contribution is 7.86. The standard InChI is InChI=1S/C14H10ClNO3S2/c15-10-5-7-11(8-6-10)21(17,18)19-9-14-16-12-3-1-2-4-13(12)20-14/h1-8H,9H2. The number of nitrogens with zero attached hydrogens (tertiary/aromatic N) is 1. The first-order chi connectivity index (χ1) is 10.0. The van der Waals surface area contributed by atoms with E-state index >= 15 is 0 Å². The molecule has 0 fully saturated rings. The number of para-hydroxylation sites is 1. The average Bonchev–Trinajstić information content (AvgIpc) is 2.89. The molecule has 108 valence electrons. The minimum absolute atomic E-state index is 0.0769. The van der Waals surface area contributed by atoms with E-state index < -0.39 is 10.1 Å². The van der Waals surface area contributed by atoms with Gasteiger partial charge in [0.1, 0.15) is 11.6 Å². The second-order valence-electron chi connectivity index (χ2n) is 4.25. The Bertz CT molecular complexity index is 840. The van der Waals surface area contributed by atoms with E-state index in [-0.39, 0.29) is 11.5 Å². The fourth-order valence-electron chi connectivity index (χ4n) is 1.78. The van der Waals surface area contributed by atoms with E-state index in [1.54, 1.807) is 0 Å². The molecule has 0 aliphatic rings. The van der Waals surface area contributed by atoms with Crippen molar-refractivity contribution in [2.75, 3.05) is 0 Å². The van der Waals surface area contributed by atoms with Crippen LogP contribution in [0, 0.1) is 0 Å². The summed E-state index contributed by atoms with van der Waals surface area (Å²) in [5, 5.41) is 1.09. The van der Waals surface area contributed by atoms with Gasteiger partial charge in [-0.05, 0) is 36.4 Å². The molecule has 21 heavy (non-hydrogen) atoms. The van der Waals surface area contributed by atoms with E-state index in [4.69, 9.17) is 15.8 Å². The molecule has 0 amide bonds. The summed E-state index contributed by atoms with van der Waals surface area (Å²) in [6, 6.07) is 13.5. The third-order valence-electron chi connectivity index (χ3n) is 2.78. The largest absolute Gasteiger partial charge is 0.297 e. The molecule has 7 heteroatoms. The van der Waals surface area contributed by atoms with Gasteiger partial charge < -0.3 is 0 Å². The molecule has 0 radical (unpaired) electrons. The fraction of sp³-hybridized carbons (Fsp3) is 0.0714. The third-order valence-corrected chi connectivity index (χ3v) is 5.32. The van der Waals surface area contributed by atoms with Gasteiger partial charge in [0.2, 0.25) is 0 Å². The van der Waals surface area contributed by atoms with Crippen LogP contribution in [-0.2, 0) is 20.9 Å². The van der Waals surface area contributed by atoms with Crippen molar-refractivity contribution in [3.8, 4) is 0 Å². The Kier molecular flexibility index (Phi) is 3.95. The van der Waals surface area contributed by atoms with Gasteiger partial charge in [-0.2, -0.15) is 8.42 Å². The van der Waals surface area contributed by atoms with E-state index in [9.17, 15) is 8.42 Å². The van der Waals surface area contributed by atoms with Gasteiger partial charge in [-0.25, -0.2) is 4.98 Å². The van der Waals surface area contributed by atoms with Crippen molar-refractivity contribution < 1.29 is 12.6 Å². The van der Waals surface area contributed by atoms with Gasteiger partial charge in [-0.3, -0.25) is 4.18 Å². The predicted octanol–water partition coefficient (Wildman–Crippen LogP) is 3.86. The maximum atomic E-state index is 12.0. The predicted molar refractivity (Wildman–Crippen MR) is 83.0 cm³/mol. The van der Waals surface area contributed by atoms with Crippen LogP contribution in [0.1, 0.15) is 5.01 Å².